The van der Waals surface area contributed by atoms with Gasteiger partial charge < -0.3 is 14.4 Å². The van der Waals surface area contributed by atoms with Gasteiger partial charge in [0.15, 0.2) is 0 Å². The Morgan fingerprint density at radius 2 is 1.92 bits per heavy atom. The van der Waals surface area contributed by atoms with E-state index in [-0.39, 0.29) is 31.7 Å². The van der Waals surface area contributed by atoms with Crippen molar-refractivity contribution in [3.63, 3.8) is 0 Å². The molecule has 1 amide bonds. The van der Waals surface area contributed by atoms with Crippen molar-refractivity contribution in [3.05, 3.63) is 27.3 Å². The summed E-state index contributed by atoms with van der Waals surface area (Å²) in [4.78, 5) is 14.3. The molecule has 0 spiro atoms. The number of carbonyl (C=O) groups is 1. The predicted octanol–water partition coefficient (Wildman–Crippen LogP) is 5.61. The van der Waals surface area contributed by atoms with Crippen LogP contribution in [0.3, 0.4) is 0 Å². The van der Waals surface area contributed by atoms with Gasteiger partial charge in [0.1, 0.15) is 11.4 Å². The number of nitrogens with zero attached hydrogens (tertiary/aromatic N) is 1. The number of hydrogen-bond acceptors (Lipinski definition) is 3. The van der Waals surface area contributed by atoms with Gasteiger partial charge in [-0.25, -0.2) is 13.6 Å². The van der Waals surface area contributed by atoms with Crippen LogP contribution in [-0.4, -0.2) is 35.7 Å². The molecule has 7 heteroatoms. The second-order valence-corrected chi connectivity index (χ2v) is 8.83. The van der Waals surface area contributed by atoms with E-state index in [1.807, 2.05) is 18.2 Å². The third-order valence-electron chi connectivity index (χ3n) is 4.32. The summed E-state index contributed by atoms with van der Waals surface area (Å²) in [7, 11) is 1.60. The van der Waals surface area contributed by atoms with Crippen molar-refractivity contribution < 1.29 is 23.0 Å². The highest BCUT2D eigenvalue weighted by Gasteiger charge is 2.39. The van der Waals surface area contributed by atoms with Crippen LogP contribution in [0.4, 0.5) is 13.6 Å². The molecule has 4 nitrogen and oxygen atoms in total. The largest absolute Gasteiger partial charge is 0.496 e. The molecule has 1 aliphatic rings. The highest BCUT2D eigenvalue weighted by molar-refractivity contribution is 14.1. The summed E-state index contributed by atoms with van der Waals surface area (Å²) in [5.74, 6) is -1.87. The second-order valence-electron chi connectivity index (χ2n) is 7.66. The van der Waals surface area contributed by atoms with Gasteiger partial charge in [-0.1, -0.05) is 6.07 Å². The highest BCUT2D eigenvalue weighted by Crippen LogP contribution is 2.36. The normalized spacial score (nSPS) is 17.7. The number of methoxy groups -OCH3 is 1. The molecule has 146 valence electrons. The third kappa shape index (κ3) is 5.96. The summed E-state index contributed by atoms with van der Waals surface area (Å²) in [6.07, 6.45) is -0.300. The Morgan fingerprint density at radius 3 is 2.42 bits per heavy atom. The summed E-state index contributed by atoms with van der Waals surface area (Å²) in [5, 5.41) is 0. The minimum Gasteiger partial charge on any atom is -0.496 e. The van der Waals surface area contributed by atoms with E-state index in [9.17, 15) is 13.6 Å². The fourth-order valence-corrected chi connectivity index (χ4v) is 3.80. The van der Waals surface area contributed by atoms with Crippen LogP contribution >= 0.6 is 22.6 Å². The molecule has 2 rings (SSSR count). The van der Waals surface area contributed by atoms with Gasteiger partial charge in [-0.3, -0.25) is 0 Å². The first-order valence-corrected chi connectivity index (χ1v) is 9.78. The van der Waals surface area contributed by atoms with E-state index in [0.717, 1.165) is 14.9 Å². The van der Waals surface area contributed by atoms with Crippen molar-refractivity contribution in [2.75, 3.05) is 7.11 Å². The van der Waals surface area contributed by atoms with Crippen LogP contribution in [0, 0.1) is 3.57 Å². The zero-order chi connectivity index (χ0) is 19.5. The van der Waals surface area contributed by atoms with Crippen molar-refractivity contribution in [1.29, 1.82) is 0 Å². The minimum atomic E-state index is -2.63. The highest BCUT2D eigenvalue weighted by atomic mass is 127. The van der Waals surface area contributed by atoms with E-state index in [1.165, 1.54) is 0 Å². The van der Waals surface area contributed by atoms with Gasteiger partial charge >= 0.3 is 6.09 Å². The lowest BCUT2D eigenvalue weighted by Crippen LogP contribution is -2.45. The first kappa shape index (κ1) is 21.2. The molecule has 1 fully saturated rings. The standard InChI is InChI=1S/C19H26F2INO3/c1-18(2,3)26-17(24)23(14-7-9-19(20,21)10-8-14)12-13-5-6-16(25-4)15(22)11-13/h5-6,11,14H,7-10,12H2,1-4H3. The van der Waals surface area contributed by atoms with Crippen LogP contribution in [0.5, 0.6) is 5.75 Å². The lowest BCUT2D eigenvalue weighted by atomic mass is 9.91. The molecule has 26 heavy (non-hydrogen) atoms. The third-order valence-corrected chi connectivity index (χ3v) is 5.17. The maximum atomic E-state index is 13.5. The lowest BCUT2D eigenvalue weighted by molar-refractivity contribution is -0.0580. The first-order valence-electron chi connectivity index (χ1n) is 8.70. The molecule has 1 saturated carbocycles. The Bertz CT molecular complexity index is 636. The zero-order valence-electron chi connectivity index (χ0n) is 15.7. The zero-order valence-corrected chi connectivity index (χ0v) is 17.8. The van der Waals surface area contributed by atoms with Gasteiger partial charge in [0.2, 0.25) is 5.92 Å². The number of amides is 1. The van der Waals surface area contributed by atoms with Gasteiger partial charge in [0.25, 0.3) is 0 Å². The molecule has 0 saturated heterocycles. The molecular weight excluding hydrogens is 455 g/mol. The topological polar surface area (TPSA) is 38.8 Å². The Balaban J connectivity index is 2.20. The van der Waals surface area contributed by atoms with Crippen LogP contribution in [0.15, 0.2) is 18.2 Å². The fourth-order valence-electron chi connectivity index (χ4n) is 3.00. The summed E-state index contributed by atoms with van der Waals surface area (Å²) >= 11 is 2.17. The number of ether oxygens (including phenoxy) is 2. The number of carbonyl (C=O) groups excluding carboxylic acids is 1. The van der Waals surface area contributed by atoms with Gasteiger partial charge in [-0.2, -0.15) is 0 Å². The summed E-state index contributed by atoms with van der Waals surface area (Å²) in [5.41, 5.74) is 0.279. The lowest BCUT2D eigenvalue weighted by Gasteiger charge is -2.37. The van der Waals surface area contributed by atoms with Gasteiger partial charge in [-0.15, -0.1) is 0 Å². The van der Waals surface area contributed by atoms with Crippen LogP contribution in [-0.2, 0) is 11.3 Å². The molecule has 1 aliphatic carbocycles. The van der Waals surface area contributed by atoms with E-state index in [0.29, 0.717) is 6.54 Å². The Kier molecular flexibility index (Phi) is 6.74. The SMILES string of the molecule is COc1ccc(CN(C(=O)OC(C)(C)C)C2CCC(F)(F)CC2)cc1I. The Morgan fingerprint density at radius 1 is 1.31 bits per heavy atom. The molecule has 1 aromatic carbocycles. The molecule has 0 aliphatic heterocycles. The number of alkyl halides is 2. The average Bonchev–Trinajstić information content (AvgIpc) is 2.51. The van der Waals surface area contributed by atoms with Crippen LogP contribution in [0.2, 0.25) is 0 Å². The fraction of sp³-hybridized carbons (Fsp3) is 0.632. The van der Waals surface area contributed by atoms with Gasteiger partial charge in [0.05, 0.1) is 10.7 Å². The number of rotatable bonds is 4. The quantitative estimate of drug-likeness (QED) is 0.525. The molecular formula is C19H26F2INO3. The van der Waals surface area contributed by atoms with Gasteiger partial charge in [0, 0.05) is 25.4 Å². The molecule has 0 aromatic heterocycles. The maximum absolute atomic E-state index is 13.5. The second kappa shape index (κ2) is 8.27. The molecule has 0 N–H and O–H groups in total. The van der Waals surface area contributed by atoms with Crippen molar-refractivity contribution in [2.24, 2.45) is 0 Å². The number of benzene rings is 1. The van der Waals surface area contributed by atoms with Crippen LogP contribution in [0.25, 0.3) is 0 Å². The summed E-state index contributed by atoms with van der Waals surface area (Å²) < 4.78 is 38.8. The molecule has 0 unspecified atom stereocenters. The van der Waals surface area contributed by atoms with Crippen LogP contribution in [0.1, 0.15) is 52.0 Å². The van der Waals surface area contributed by atoms with Crippen molar-refractivity contribution in [1.82, 2.24) is 4.90 Å². The Labute approximate surface area is 167 Å². The van der Waals surface area contributed by atoms with Crippen molar-refractivity contribution >= 4 is 28.7 Å². The monoisotopic (exact) mass is 481 g/mol. The summed E-state index contributed by atoms with van der Waals surface area (Å²) in [6, 6.07) is 5.42. The van der Waals surface area contributed by atoms with Crippen molar-refractivity contribution in [2.45, 2.75) is 70.6 Å². The minimum absolute atomic E-state index is 0.197. The maximum Gasteiger partial charge on any atom is 0.410 e. The molecule has 0 heterocycles. The van der Waals surface area contributed by atoms with E-state index < -0.39 is 17.6 Å². The van der Waals surface area contributed by atoms with Crippen LogP contribution < -0.4 is 4.74 Å². The molecule has 0 atom stereocenters. The smallest absolute Gasteiger partial charge is 0.410 e. The average molecular weight is 481 g/mol. The summed E-state index contributed by atoms with van der Waals surface area (Å²) in [6.45, 7) is 5.72. The first-order chi connectivity index (χ1) is 12.0. The Hall–Kier alpha value is -1.12. The van der Waals surface area contributed by atoms with E-state index in [1.54, 1.807) is 32.8 Å². The number of hydrogen-bond donors (Lipinski definition) is 0. The molecule has 0 radical (unpaired) electrons. The van der Waals surface area contributed by atoms with E-state index >= 15 is 0 Å². The van der Waals surface area contributed by atoms with Gasteiger partial charge in [-0.05, 0) is 73.9 Å². The van der Waals surface area contributed by atoms with E-state index in [4.69, 9.17) is 9.47 Å². The predicted molar refractivity (Wildman–Crippen MR) is 105 cm³/mol. The van der Waals surface area contributed by atoms with E-state index in [2.05, 4.69) is 22.6 Å². The molecule has 1 aromatic rings. The number of halogens is 3. The van der Waals surface area contributed by atoms with Crippen molar-refractivity contribution in [3.8, 4) is 5.75 Å². The molecule has 0 bridgehead atoms.